The van der Waals surface area contributed by atoms with Crippen LogP contribution in [0, 0.1) is 0 Å². The fourth-order valence-corrected chi connectivity index (χ4v) is 2.10. The van der Waals surface area contributed by atoms with Crippen LogP contribution in [0.2, 0.25) is 0 Å². The Hall–Kier alpha value is -2.05. The largest absolute Gasteiger partial charge is 0.481 e. The fourth-order valence-electron chi connectivity index (χ4n) is 2.10. The molecule has 2 amide bonds. The fraction of sp³-hybridized carbons (Fsp3) is 0.615. The van der Waals surface area contributed by atoms with Crippen LogP contribution in [0.25, 0.3) is 0 Å². The number of aryl methyl sites for hydroxylation is 1. The van der Waals surface area contributed by atoms with Crippen LogP contribution < -0.4 is 5.32 Å². The van der Waals surface area contributed by atoms with Gasteiger partial charge in [-0.1, -0.05) is 0 Å². The number of hydrogen-bond acceptors (Lipinski definition) is 3. The number of nitrogens with one attached hydrogen (secondary N) is 1. The summed E-state index contributed by atoms with van der Waals surface area (Å²) in [6.45, 7) is 0.798. The minimum absolute atomic E-state index is 0.00828. The second kappa shape index (κ2) is 6.40. The van der Waals surface area contributed by atoms with Gasteiger partial charge in [0, 0.05) is 44.5 Å². The Balaban J connectivity index is 1.76. The summed E-state index contributed by atoms with van der Waals surface area (Å²) in [4.78, 5) is 24.3. The zero-order chi connectivity index (χ0) is 14.5. The van der Waals surface area contributed by atoms with Crippen molar-refractivity contribution in [2.45, 2.75) is 31.7 Å². The number of urea groups is 1. The van der Waals surface area contributed by atoms with Crippen LogP contribution in [0.3, 0.4) is 0 Å². The van der Waals surface area contributed by atoms with Crippen LogP contribution in [-0.4, -0.2) is 50.9 Å². The van der Waals surface area contributed by atoms with Crippen molar-refractivity contribution in [3.05, 3.63) is 18.0 Å². The smallest absolute Gasteiger partial charge is 0.317 e. The third-order valence-corrected chi connectivity index (χ3v) is 3.39. The maximum absolute atomic E-state index is 12.1. The average molecular weight is 280 g/mol. The first-order valence-corrected chi connectivity index (χ1v) is 6.81. The van der Waals surface area contributed by atoms with Crippen molar-refractivity contribution in [1.29, 1.82) is 0 Å². The van der Waals surface area contributed by atoms with Crippen LogP contribution in [0.4, 0.5) is 4.79 Å². The molecular formula is C13H20N4O3. The molecule has 20 heavy (non-hydrogen) atoms. The lowest BCUT2D eigenvalue weighted by Crippen LogP contribution is -2.43. The molecule has 1 heterocycles. The highest BCUT2D eigenvalue weighted by Gasteiger charge is 2.32. The quantitative estimate of drug-likeness (QED) is 0.766. The number of hydrogen-bond donors (Lipinski definition) is 2. The Bertz CT molecular complexity index is 482. The Labute approximate surface area is 117 Å². The molecule has 1 saturated carbocycles. The zero-order valence-corrected chi connectivity index (χ0v) is 11.6. The molecule has 110 valence electrons. The molecule has 1 aromatic heterocycles. The van der Waals surface area contributed by atoms with Gasteiger partial charge in [-0.05, 0) is 18.9 Å². The predicted molar refractivity (Wildman–Crippen MR) is 72.3 cm³/mol. The van der Waals surface area contributed by atoms with Crippen LogP contribution >= 0.6 is 0 Å². The van der Waals surface area contributed by atoms with E-state index in [9.17, 15) is 9.59 Å². The minimum Gasteiger partial charge on any atom is -0.481 e. The molecule has 0 bridgehead atoms. The van der Waals surface area contributed by atoms with Gasteiger partial charge in [-0.3, -0.25) is 9.48 Å². The van der Waals surface area contributed by atoms with E-state index in [4.69, 9.17) is 5.11 Å². The summed E-state index contributed by atoms with van der Waals surface area (Å²) in [6, 6.07) is 1.96. The first kappa shape index (κ1) is 14.4. The molecular weight excluding hydrogens is 260 g/mol. The molecule has 2 N–H and O–H groups in total. The van der Waals surface area contributed by atoms with Crippen molar-refractivity contribution >= 4 is 12.0 Å². The second-order valence-corrected chi connectivity index (χ2v) is 5.00. The van der Waals surface area contributed by atoms with Gasteiger partial charge < -0.3 is 15.3 Å². The Kier molecular flexibility index (Phi) is 4.60. The second-order valence-electron chi connectivity index (χ2n) is 5.00. The van der Waals surface area contributed by atoms with Gasteiger partial charge in [-0.15, -0.1) is 0 Å². The molecule has 7 nitrogen and oxygen atoms in total. The molecule has 0 radical (unpaired) electrons. The lowest BCUT2D eigenvalue weighted by Gasteiger charge is -2.22. The first-order valence-electron chi connectivity index (χ1n) is 6.81. The third kappa shape index (κ3) is 3.97. The van der Waals surface area contributed by atoms with E-state index in [0.717, 1.165) is 18.5 Å². The van der Waals surface area contributed by atoms with Gasteiger partial charge in [0.1, 0.15) is 0 Å². The summed E-state index contributed by atoms with van der Waals surface area (Å²) < 4.78 is 1.77. The van der Waals surface area contributed by atoms with E-state index in [1.165, 1.54) is 0 Å². The number of amides is 2. The van der Waals surface area contributed by atoms with Crippen molar-refractivity contribution in [2.75, 3.05) is 13.1 Å². The third-order valence-electron chi connectivity index (χ3n) is 3.39. The standard InChI is InChI=1S/C13H20N4O3/c1-16-10(5-8-15-16)4-7-14-13(20)17(11-2-3-11)9-6-12(18)19/h5,8,11H,2-4,6-7,9H2,1H3,(H,14,20)(H,18,19). The van der Waals surface area contributed by atoms with E-state index in [0.29, 0.717) is 13.0 Å². The van der Waals surface area contributed by atoms with Crippen LogP contribution in [0.1, 0.15) is 25.0 Å². The molecule has 7 heteroatoms. The monoisotopic (exact) mass is 280 g/mol. The normalized spacial score (nSPS) is 14.1. The number of nitrogens with zero attached hydrogens (tertiary/aromatic N) is 3. The molecule has 0 atom stereocenters. The van der Waals surface area contributed by atoms with Crippen molar-refractivity contribution in [3.8, 4) is 0 Å². The number of aromatic nitrogens is 2. The molecule has 1 fully saturated rings. The zero-order valence-electron chi connectivity index (χ0n) is 11.6. The number of carboxylic acids is 1. The van der Waals surface area contributed by atoms with Crippen molar-refractivity contribution in [2.24, 2.45) is 7.05 Å². The number of rotatable bonds is 7. The maximum Gasteiger partial charge on any atom is 0.317 e. The van der Waals surface area contributed by atoms with Crippen LogP contribution in [0.5, 0.6) is 0 Å². The SMILES string of the molecule is Cn1nccc1CCNC(=O)N(CCC(=O)O)C1CC1. The molecule has 1 aliphatic rings. The highest BCUT2D eigenvalue weighted by molar-refractivity contribution is 5.76. The predicted octanol–water partition coefficient (Wildman–Crippen LogP) is 0.611. The van der Waals surface area contributed by atoms with Gasteiger partial charge in [-0.2, -0.15) is 5.10 Å². The molecule has 1 aliphatic carbocycles. The molecule has 0 unspecified atom stereocenters. The minimum atomic E-state index is -0.877. The number of carbonyl (C=O) groups is 2. The van der Waals surface area contributed by atoms with Gasteiger partial charge in [0.05, 0.1) is 6.42 Å². The van der Waals surface area contributed by atoms with Gasteiger partial charge in [0.15, 0.2) is 0 Å². The van der Waals surface area contributed by atoms with E-state index >= 15 is 0 Å². The Morgan fingerprint density at radius 1 is 1.55 bits per heavy atom. The highest BCUT2D eigenvalue weighted by atomic mass is 16.4. The van der Waals surface area contributed by atoms with Gasteiger partial charge >= 0.3 is 12.0 Å². The lowest BCUT2D eigenvalue weighted by molar-refractivity contribution is -0.137. The number of carboxylic acid groups (broad SMARTS) is 1. The lowest BCUT2D eigenvalue weighted by atomic mass is 10.3. The maximum atomic E-state index is 12.1. The van der Waals surface area contributed by atoms with Crippen molar-refractivity contribution in [1.82, 2.24) is 20.0 Å². The van der Waals surface area contributed by atoms with E-state index in [-0.39, 0.29) is 25.0 Å². The number of carbonyl (C=O) groups excluding carboxylic acids is 1. The number of aliphatic carboxylic acids is 1. The average Bonchev–Trinajstić information content (AvgIpc) is 3.14. The van der Waals surface area contributed by atoms with Gasteiger partial charge in [0.25, 0.3) is 0 Å². The first-order chi connectivity index (χ1) is 9.58. The molecule has 0 aliphatic heterocycles. The Morgan fingerprint density at radius 3 is 2.85 bits per heavy atom. The molecule has 0 spiro atoms. The van der Waals surface area contributed by atoms with E-state index in [1.54, 1.807) is 15.8 Å². The van der Waals surface area contributed by atoms with Crippen LogP contribution in [0.15, 0.2) is 12.3 Å². The van der Waals surface area contributed by atoms with Gasteiger partial charge in [0.2, 0.25) is 0 Å². The van der Waals surface area contributed by atoms with E-state index < -0.39 is 5.97 Å². The van der Waals surface area contributed by atoms with E-state index in [1.807, 2.05) is 13.1 Å². The van der Waals surface area contributed by atoms with Crippen molar-refractivity contribution < 1.29 is 14.7 Å². The molecule has 0 saturated heterocycles. The summed E-state index contributed by atoms with van der Waals surface area (Å²) in [6.07, 6.45) is 4.36. The highest BCUT2D eigenvalue weighted by Crippen LogP contribution is 2.26. The topological polar surface area (TPSA) is 87.5 Å². The Morgan fingerprint density at radius 2 is 2.30 bits per heavy atom. The molecule has 2 rings (SSSR count). The summed E-state index contributed by atoms with van der Waals surface area (Å²) in [7, 11) is 1.86. The summed E-state index contributed by atoms with van der Waals surface area (Å²) in [5.41, 5.74) is 1.05. The van der Waals surface area contributed by atoms with E-state index in [2.05, 4.69) is 10.4 Å². The summed E-state index contributed by atoms with van der Waals surface area (Å²) in [5.74, 6) is -0.877. The van der Waals surface area contributed by atoms with Crippen LogP contribution in [-0.2, 0) is 18.3 Å². The summed E-state index contributed by atoms with van der Waals surface area (Å²) in [5, 5.41) is 15.6. The molecule has 1 aromatic rings. The van der Waals surface area contributed by atoms with Crippen molar-refractivity contribution in [3.63, 3.8) is 0 Å². The van der Waals surface area contributed by atoms with Gasteiger partial charge in [-0.25, -0.2) is 4.79 Å². The molecule has 0 aromatic carbocycles. The summed E-state index contributed by atoms with van der Waals surface area (Å²) >= 11 is 0.